The predicted molar refractivity (Wildman–Crippen MR) is 104 cm³/mol. The van der Waals surface area contributed by atoms with Gasteiger partial charge in [-0.1, -0.05) is 23.8 Å². The molecule has 136 valence electrons. The van der Waals surface area contributed by atoms with E-state index in [0.29, 0.717) is 16.8 Å². The molecule has 0 bridgehead atoms. The van der Waals surface area contributed by atoms with Crippen LogP contribution in [0, 0.1) is 13.8 Å². The number of nitrogens with one attached hydrogen (secondary N) is 1. The average molecular weight is 361 g/mol. The Kier molecular flexibility index (Phi) is 5.26. The van der Waals surface area contributed by atoms with Crippen molar-refractivity contribution in [2.45, 2.75) is 13.8 Å². The summed E-state index contributed by atoms with van der Waals surface area (Å²) in [6.45, 7) is 3.79. The van der Waals surface area contributed by atoms with Gasteiger partial charge < -0.3 is 4.74 Å². The fourth-order valence-electron chi connectivity index (χ4n) is 2.67. The molecular weight excluding hydrogens is 342 g/mol. The molecule has 3 rings (SSSR count). The molecule has 0 saturated carbocycles. The van der Waals surface area contributed by atoms with Gasteiger partial charge in [-0.05, 0) is 49.7 Å². The molecule has 1 aromatic heterocycles. The normalized spacial score (nSPS) is 10.9. The molecule has 0 fully saturated rings. The van der Waals surface area contributed by atoms with Crippen molar-refractivity contribution in [2.75, 3.05) is 7.11 Å². The summed E-state index contributed by atoms with van der Waals surface area (Å²) >= 11 is 0. The summed E-state index contributed by atoms with van der Waals surface area (Å²) in [5.41, 5.74) is 6.78. The van der Waals surface area contributed by atoms with Crippen molar-refractivity contribution >= 4 is 29.0 Å². The first-order chi connectivity index (χ1) is 13.0. The van der Waals surface area contributed by atoms with Crippen molar-refractivity contribution < 1.29 is 14.3 Å². The molecule has 1 heterocycles. The second-order valence-electron chi connectivity index (χ2n) is 6.13. The fourth-order valence-corrected chi connectivity index (χ4v) is 2.67. The highest BCUT2D eigenvalue weighted by Crippen LogP contribution is 2.18. The number of carbonyl (C=O) groups excluding carboxylic acids is 2. The van der Waals surface area contributed by atoms with Crippen LogP contribution in [0.1, 0.15) is 37.5 Å². The van der Waals surface area contributed by atoms with Crippen molar-refractivity contribution in [3.8, 4) is 0 Å². The Morgan fingerprint density at radius 2 is 1.81 bits per heavy atom. The van der Waals surface area contributed by atoms with Crippen molar-refractivity contribution in [3.63, 3.8) is 0 Å². The first-order valence-corrected chi connectivity index (χ1v) is 8.38. The maximum atomic E-state index is 12.4. The number of hydrazone groups is 1. The van der Waals surface area contributed by atoms with Gasteiger partial charge in [-0.2, -0.15) is 5.10 Å². The lowest BCUT2D eigenvalue weighted by molar-refractivity contribution is 0.0600. The standard InChI is InChI=1S/C21H19N3O3/c1-13-4-9-19-17(10-13)11-18(14(2)23-19)20(25)24-22-12-15-5-7-16(8-6-15)21(26)27-3/h4-12H,1-3H3,(H,24,25). The summed E-state index contributed by atoms with van der Waals surface area (Å²) in [6, 6.07) is 14.4. The number of aryl methyl sites for hydroxylation is 2. The number of rotatable bonds is 4. The number of carbonyl (C=O) groups is 2. The first kappa shape index (κ1) is 18.3. The molecule has 3 aromatic rings. The number of nitrogens with zero attached hydrogens (tertiary/aromatic N) is 2. The first-order valence-electron chi connectivity index (χ1n) is 8.38. The maximum Gasteiger partial charge on any atom is 0.337 e. The van der Waals surface area contributed by atoms with Gasteiger partial charge in [0.15, 0.2) is 0 Å². The highest BCUT2D eigenvalue weighted by Gasteiger charge is 2.11. The number of fused-ring (bicyclic) bond motifs is 1. The van der Waals surface area contributed by atoms with Crippen LogP contribution >= 0.6 is 0 Å². The van der Waals surface area contributed by atoms with Crippen LogP contribution in [0.3, 0.4) is 0 Å². The van der Waals surface area contributed by atoms with Gasteiger partial charge >= 0.3 is 5.97 Å². The fraction of sp³-hybridized carbons (Fsp3) is 0.143. The molecule has 2 aromatic carbocycles. The molecule has 6 heteroatoms. The van der Waals surface area contributed by atoms with E-state index in [1.165, 1.54) is 13.3 Å². The number of ether oxygens (including phenoxy) is 1. The highest BCUT2D eigenvalue weighted by atomic mass is 16.5. The third-order valence-corrected chi connectivity index (χ3v) is 4.12. The van der Waals surface area contributed by atoms with Gasteiger partial charge in [-0.25, -0.2) is 10.2 Å². The third-order valence-electron chi connectivity index (χ3n) is 4.12. The second-order valence-corrected chi connectivity index (χ2v) is 6.13. The Bertz CT molecular complexity index is 1040. The zero-order chi connectivity index (χ0) is 19.4. The van der Waals surface area contributed by atoms with E-state index in [1.807, 2.05) is 31.2 Å². The Morgan fingerprint density at radius 3 is 2.52 bits per heavy atom. The zero-order valence-corrected chi connectivity index (χ0v) is 15.3. The lowest BCUT2D eigenvalue weighted by Gasteiger charge is -2.07. The third kappa shape index (κ3) is 4.17. The lowest BCUT2D eigenvalue weighted by Crippen LogP contribution is -2.19. The van der Waals surface area contributed by atoms with Gasteiger partial charge in [0.1, 0.15) is 0 Å². The number of benzene rings is 2. The Hall–Kier alpha value is -3.54. The number of pyridine rings is 1. The topological polar surface area (TPSA) is 80.6 Å². The van der Waals surface area contributed by atoms with Crippen LogP contribution in [0.4, 0.5) is 0 Å². The van der Waals surface area contributed by atoms with Gasteiger partial charge in [0.2, 0.25) is 0 Å². The van der Waals surface area contributed by atoms with Crippen LogP contribution in [0.25, 0.3) is 10.9 Å². The number of hydrogen-bond acceptors (Lipinski definition) is 5. The van der Waals surface area contributed by atoms with E-state index in [2.05, 4.69) is 20.2 Å². The van der Waals surface area contributed by atoms with Crippen LogP contribution in [0.2, 0.25) is 0 Å². The van der Waals surface area contributed by atoms with E-state index in [-0.39, 0.29) is 5.91 Å². The van der Waals surface area contributed by atoms with Crippen LogP contribution in [0.15, 0.2) is 53.6 Å². The summed E-state index contributed by atoms with van der Waals surface area (Å²) in [5, 5.41) is 4.89. The molecule has 0 aliphatic heterocycles. The van der Waals surface area contributed by atoms with E-state index < -0.39 is 5.97 Å². The molecule has 1 amide bonds. The van der Waals surface area contributed by atoms with Crippen LogP contribution in [-0.2, 0) is 4.74 Å². The van der Waals surface area contributed by atoms with Crippen molar-refractivity contribution in [3.05, 3.63) is 76.5 Å². The lowest BCUT2D eigenvalue weighted by atomic mass is 10.1. The molecule has 6 nitrogen and oxygen atoms in total. The summed E-state index contributed by atoms with van der Waals surface area (Å²) in [4.78, 5) is 28.3. The summed E-state index contributed by atoms with van der Waals surface area (Å²) in [7, 11) is 1.33. The Balaban J connectivity index is 1.73. The second kappa shape index (κ2) is 7.78. The van der Waals surface area contributed by atoms with Gasteiger partial charge in [-0.15, -0.1) is 0 Å². The predicted octanol–water partition coefficient (Wildman–Crippen LogP) is 3.40. The zero-order valence-electron chi connectivity index (χ0n) is 15.3. The van der Waals surface area contributed by atoms with Crippen molar-refractivity contribution in [2.24, 2.45) is 5.10 Å². The summed E-state index contributed by atoms with van der Waals surface area (Å²) < 4.78 is 4.65. The number of methoxy groups -OCH3 is 1. The van der Waals surface area contributed by atoms with Crippen LogP contribution < -0.4 is 5.43 Å². The van der Waals surface area contributed by atoms with E-state index >= 15 is 0 Å². The average Bonchev–Trinajstić information content (AvgIpc) is 2.67. The molecular formula is C21H19N3O3. The number of hydrogen-bond donors (Lipinski definition) is 1. The molecule has 0 atom stereocenters. The van der Waals surface area contributed by atoms with Crippen LogP contribution in [-0.4, -0.2) is 30.2 Å². The smallest absolute Gasteiger partial charge is 0.337 e. The Morgan fingerprint density at radius 1 is 1.07 bits per heavy atom. The minimum absolute atomic E-state index is 0.328. The summed E-state index contributed by atoms with van der Waals surface area (Å²) in [5.74, 6) is -0.729. The summed E-state index contributed by atoms with van der Waals surface area (Å²) in [6.07, 6.45) is 1.51. The SMILES string of the molecule is COC(=O)c1ccc(C=NNC(=O)c2cc3cc(C)ccc3nc2C)cc1. The van der Waals surface area contributed by atoms with E-state index in [1.54, 1.807) is 31.2 Å². The molecule has 0 unspecified atom stereocenters. The van der Waals surface area contributed by atoms with Crippen molar-refractivity contribution in [1.82, 2.24) is 10.4 Å². The van der Waals surface area contributed by atoms with E-state index in [0.717, 1.165) is 22.0 Å². The van der Waals surface area contributed by atoms with Gasteiger partial charge in [0.05, 0.1) is 35.7 Å². The molecule has 1 N–H and O–H groups in total. The Labute approximate surface area is 156 Å². The highest BCUT2D eigenvalue weighted by molar-refractivity contribution is 5.99. The molecule has 27 heavy (non-hydrogen) atoms. The van der Waals surface area contributed by atoms with Gasteiger partial charge in [0, 0.05) is 5.39 Å². The monoisotopic (exact) mass is 361 g/mol. The van der Waals surface area contributed by atoms with Crippen molar-refractivity contribution in [1.29, 1.82) is 0 Å². The van der Waals surface area contributed by atoms with Gasteiger partial charge in [0.25, 0.3) is 5.91 Å². The van der Waals surface area contributed by atoms with E-state index in [4.69, 9.17) is 0 Å². The van der Waals surface area contributed by atoms with Gasteiger partial charge in [-0.3, -0.25) is 9.78 Å². The van der Waals surface area contributed by atoms with E-state index in [9.17, 15) is 9.59 Å². The van der Waals surface area contributed by atoms with Crippen LogP contribution in [0.5, 0.6) is 0 Å². The molecule has 0 aliphatic carbocycles. The minimum atomic E-state index is -0.402. The number of aromatic nitrogens is 1. The molecule has 0 radical (unpaired) electrons. The molecule has 0 aliphatic rings. The molecule has 0 spiro atoms. The number of amides is 1. The minimum Gasteiger partial charge on any atom is -0.465 e. The largest absolute Gasteiger partial charge is 0.465 e. The quantitative estimate of drug-likeness (QED) is 0.439. The number of esters is 1. The molecule has 0 saturated heterocycles. The maximum absolute atomic E-state index is 12.4.